The number of hydrogen-bond donors (Lipinski definition) is 1. The minimum absolute atomic E-state index is 0.546. The van der Waals surface area contributed by atoms with Crippen LogP contribution in [-0.2, 0) is 5.41 Å². The molecule has 74 valence electrons. The molecule has 1 aliphatic heterocycles. The van der Waals surface area contributed by atoms with Crippen molar-refractivity contribution >= 4 is 17.4 Å². The molecule has 0 saturated heterocycles. The van der Waals surface area contributed by atoms with Gasteiger partial charge in [-0.15, -0.1) is 11.8 Å². The zero-order valence-electron chi connectivity index (χ0n) is 8.47. The Hall–Kier alpha value is -0.630. The molecule has 1 aromatic rings. The molecule has 1 heterocycles. The summed E-state index contributed by atoms with van der Waals surface area (Å²) < 4.78 is 0. The van der Waals surface area contributed by atoms with Gasteiger partial charge in [0.15, 0.2) is 0 Å². The molecule has 1 aromatic carbocycles. The zero-order chi connectivity index (χ0) is 9.60. The maximum Gasteiger partial charge on any atom is 0.0390 e. The van der Waals surface area contributed by atoms with Crippen molar-refractivity contribution in [1.29, 1.82) is 0 Å². The van der Waals surface area contributed by atoms with Gasteiger partial charge in [-0.3, -0.25) is 0 Å². The predicted octanol–water partition coefficient (Wildman–Crippen LogP) is 3.26. The molecule has 1 spiro atoms. The maximum atomic E-state index is 3.54. The summed E-state index contributed by atoms with van der Waals surface area (Å²) in [5.74, 6) is 1.16. The molecule has 0 atom stereocenters. The SMILES string of the molecule is CCSc1ccc2c(c1)NCC21CC1. The Morgan fingerprint density at radius 3 is 3.00 bits per heavy atom. The van der Waals surface area contributed by atoms with Crippen LogP contribution in [0.5, 0.6) is 0 Å². The second-order valence-electron chi connectivity index (χ2n) is 4.27. The van der Waals surface area contributed by atoms with E-state index in [0.717, 1.165) is 5.75 Å². The lowest BCUT2D eigenvalue weighted by Crippen LogP contribution is -2.07. The largest absolute Gasteiger partial charge is 0.384 e. The third-order valence-electron chi connectivity index (χ3n) is 3.34. The van der Waals surface area contributed by atoms with Crippen molar-refractivity contribution in [2.75, 3.05) is 17.6 Å². The number of thioether (sulfide) groups is 1. The van der Waals surface area contributed by atoms with Crippen LogP contribution >= 0.6 is 11.8 Å². The van der Waals surface area contributed by atoms with Crippen molar-refractivity contribution in [3.05, 3.63) is 23.8 Å². The van der Waals surface area contributed by atoms with Gasteiger partial charge in [-0.2, -0.15) is 0 Å². The quantitative estimate of drug-likeness (QED) is 0.744. The van der Waals surface area contributed by atoms with Crippen LogP contribution in [-0.4, -0.2) is 12.3 Å². The van der Waals surface area contributed by atoms with Gasteiger partial charge in [0.05, 0.1) is 0 Å². The molecule has 0 aromatic heterocycles. The van der Waals surface area contributed by atoms with Crippen molar-refractivity contribution in [3.8, 4) is 0 Å². The third-order valence-corrected chi connectivity index (χ3v) is 4.22. The Morgan fingerprint density at radius 2 is 2.29 bits per heavy atom. The predicted molar refractivity (Wildman–Crippen MR) is 62.2 cm³/mol. The highest BCUT2D eigenvalue weighted by molar-refractivity contribution is 7.99. The molecule has 0 radical (unpaired) electrons. The second kappa shape index (κ2) is 2.93. The lowest BCUT2D eigenvalue weighted by molar-refractivity contribution is 0.777. The van der Waals surface area contributed by atoms with Crippen LogP contribution in [0.15, 0.2) is 23.1 Å². The minimum Gasteiger partial charge on any atom is -0.384 e. The first-order chi connectivity index (χ1) is 6.84. The van der Waals surface area contributed by atoms with E-state index in [1.165, 1.54) is 30.0 Å². The molecule has 0 amide bonds. The average molecular weight is 205 g/mol. The smallest absolute Gasteiger partial charge is 0.0390 e. The van der Waals surface area contributed by atoms with Crippen molar-refractivity contribution in [3.63, 3.8) is 0 Å². The maximum absolute atomic E-state index is 3.54. The third kappa shape index (κ3) is 1.17. The molecule has 1 aliphatic carbocycles. The van der Waals surface area contributed by atoms with Crippen LogP contribution < -0.4 is 5.32 Å². The van der Waals surface area contributed by atoms with Gasteiger partial charge in [-0.05, 0) is 36.3 Å². The first-order valence-corrected chi connectivity index (χ1v) is 6.34. The number of rotatable bonds is 2. The van der Waals surface area contributed by atoms with E-state index < -0.39 is 0 Å². The summed E-state index contributed by atoms with van der Waals surface area (Å²) in [6.07, 6.45) is 2.76. The second-order valence-corrected chi connectivity index (χ2v) is 5.61. The van der Waals surface area contributed by atoms with E-state index in [-0.39, 0.29) is 0 Å². The summed E-state index contributed by atoms with van der Waals surface area (Å²) in [4.78, 5) is 1.40. The van der Waals surface area contributed by atoms with Gasteiger partial charge in [0.1, 0.15) is 0 Å². The van der Waals surface area contributed by atoms with Gasteiger partial charge in [0, 0.05) is 22.5 Å². The van der Waals surface area contributed by atoms with Crippen LogP contribution in [0, 0.1) is 0 Å². The summed E-state index contributed by atoms with van der Waals surface area (Å²) in [6.45, 7) is 3.37. The van der Waals surface area contributed by atoms with Gasteiger partial charge < -0.3 is 5.32 Å². The molecule has 1 N–H and O–H groups in total. The molecule has 1 fully saturated rings. The van der Waals surface area contributed by atoms with Crippen molar-refractivity contribution in [1.82, 2.24) is 0 Å². The number of benzene rings is 1. The van der Waals surface area contributed by atoms with E-state index in [1.54, 1.807) is 5.56 Å². The van der Waals surface area contributed by atoms with E-state index in [2.05, 4.69) is 30.4 Å². The Balaban J connectivity index is 1.97. The van der Waals surface area contributed by atoms with Crippen LogP contribution in [0.3, 0.4) is 0 Å². The van der Waals surface area contributed by atoms with Crippen LogP contribution in [0.4, 0.5) is 5.69 Å². The minimum atomic E-state index is 0.546. The standard InChI is InChI=1S/C12H15NS/c1-2-14-9-3-4-10-11(7-9)13-8-12(10)5-6-12/h3-4,7,13H,2,5-6,8H2,1H3. The lowest BCUT2D eigenvalue weighted by atomic mass is 9.99. The Morgan fingerprint density at radius 1 is 1.43 bits per heavy atom. The fourth-order valence-corrected chi connectivity index (χ4v) is 3.04. The highest BCUT2D eigenvalue weighted by Crippen LogP contribution is 2.54. The van der Waals surface area contributed by atoms with Crippen LogP contribution in [0.2, 0.25) is 0 Å². The monoisotopic (exact) mass is 205 g/mol. The van der Waals surface area contributed by atoms with Crippen molar-refractivity contribution in [2.45, 2.75) is 30.1 Å². The van der Waals surface area contributed by atoms with Gasteiger partial charge in [0.2, 0.25) is 0 Å². The highest BCUT2D eigenvalue weighted by atomic mass is 32.2. The molecule has 14 heavy (non-hydrogen) atoms. The van der Waals surface area contributed by atoms with Gasteiger partial charge in [0.25, 0.3) is 0 Å². The molecule has 1 saturated carbocycles. The first kappa shape index (κ1) is 8.66. The highest BCUT2D eigenvalue weighted by Gasteiger charge is 2.48. The molecular weight excluding hydrogens is 190 g/mol. The summed E-state index contributed by atoms with van der Waals surface area (Å²) in [6, 6.07) is 6.93. The van der Waals surface area contributed by atoms with Crippen LogP contribution in [0.1, 0.15) is 25.3 Å². The molecule has 0 bridgehead atoms. The zero-order valence-corrected chi connectivity index (χ0v) is 9.29. The molecular formula is C12H15NS. The van der Waals surface area contributed by atoms with E-state index in [4.69, 9.17) is 0 Å². The summed E-state index contributed by atoms with van der Waals surface area (Å²) in [5.41, 5.74) is 3.50. The van der Waals surface area contributed by atoms with Crippen molar-refractivity contribution < 1.29 is 0 Å². The van der Waals surface area contributed by atoms with Crippen LogP contribution in [0.25, 0.3) is 0 Å². The summed E-state index contributed by atoms with van der Waals surface area (Å²) in [7, 11) is 0. The normalized spacial score (nSPS) is 20.6. The number of fused-ring (bicyclic) bond motifs is 2. The van der Waals surface area contributed by atoms with E-state index >= 15 is 0 Å². The van der Waals surface area contributed by atoms with Gasteiger partial charge >= 0.3 is 0 Å². The average Bonchev–Trinajstić information content (AvgIpc) is 2.87. The number of anilines is 1. The molecule has 0 unspecified atom stereocenters. The number of nitrogens with one attached hydrogen (secondary N) is 1. The Labute approximate surface area is 89.3 Å². The lowest BCUT2D eigenvalue weighted by Gasteiger charge is -2.06. The molecule has 2 heteroatoms. The van der Waals surface area contributed by atoms with Crippen molar-refractivity contribution in [2.24, 2.45) is 0 Å². The molecule has 1 nitrogen and oxygen atoms in total. The van der Waals surface area contributed by atoms with Gasteiger partial charge in [-0.25, -0.2) is 0 Å². The Kier molecular flexibility index (Phi) is 1.81. The number of hydrogen-bond acceptors (Lipinski definition) is 2. The van der Waals surface area contributed by atoms with E-state index in [1.807, 2.05) is 11.8 Å². The van der Waals surface area contributed by atoms with Gasteiger partial charge in [-0.1, -0.05) is 13.0 Å². The Bertz CT molecular complexity index is 369. The fraction of sp³-hybridized carbons (Fsp3) is 0.500. The molecule has 2 aliphatic rings. The van der Waals surface area contributed by atoms with E-state index in [9.17, 15) is 0 Å². The summed E-state index contributed by atoms with van der Waals surface area (Å²) >= 11 is 1.92. The first-order valence-electron chi connectivity index (χ1n) is 5.35. The molecule has 3 rings (SSSR count). The fourth-order valence-electron chi connectivity index (χ4n) is 2.35. The summed E-state index contributed by atoms with van der Waals surface area (Å²) in [5, 5.41) is 3.54. The topological polar surface area (TPSA) is 12.0 Å². The van der Waals surface area contributed by atoms with E-state index in [0.29, 0.717) is 5.41 Å².